The van der Waals surface area contributed by atoms with Gasteiger partial charge in [-0.2, -0.15) is 17.4 Å². The Kier molecular flexibility index (Phi) is 6.01. The Labute approximate surface area is 179 Å². The molecule has 0 atom stereocenters. The Bertz CT molecular complexity index is 927. The van der Waals surface area contributed by atoms with E-state index in [1.54, 1.807) is 0 Å². The van der Waals surface area contributed by atoms with E-state index in [-0.39, 0.29) is 12.5 Å². The molecular weight excluding hydrogens is 400 g/mol. The van der Waals surface area contributed by atoms with Gasteiger partial charge < -0.3 is 5.32 Å². The highest BCUT2D eigenvalue weighted by Gasteiger charge is 2.48. The number of hydrogen-bond donors (Lipinski definition) is 2. The van der Waals surface area contributed by atoms with Gasteiger partial charge in [-0.1, -0.05) is 44.0 Å². The number of amidine groups is 1. The molecule has 2 N–H and O–H groups in total. The van der Waals surface area contributed by atoms with E-state index in [1.165, 1.54) is 17.1 Å². The number of carbonyl (C=O) groups excluding carboxylic acids is 1. The van der Waals surface area contributed by atoms with Crippen molar-refractivity contribution in [1.29, 1.82) is 0 Å². The van der Waals surface area contributed by atoms with Gasteiger partial charge in [0.25, 0.3) is 16.1 Å². The fourth-order valence-corrected chi connectivity index (χ4v) is 5.96. The van der Waals surface area contributed by atoms with Crippen LogP contribution in [0.4, 0.5) is 0 Å². The van der Waals surface area contributed by atoms with Crippen molar-refractivity contribution in [3.63, 3.8) is 0 Å². The predicted octanol–water partition coefficient (Wildman–Crippen LogP) is 2.52. The number of amides is 1. The van der Waals surface area contributed by atoms with Gasteiger partial charge in [-0.05, 0) is 49.7 Å². The largest absolute Gasteiger partial charge is 0.312 e. The monoisotopic (exact) mass is 432 g/mol. The van der Waals surface area contributed by atoms with E-state index in [1.807, 2.05) is 31.2 Å². The number of rotatable bonds is 5. The zero-order chi connectivity index (χ0) is 21.4. The van der Waals surface area contributed by atoms with Crippen LogP contribution in [0.5, 0.6) is 0 Å². The first-order valence-corrected chi connectivity index (χ1v) is 12.4. The average Bonchev–Trinajstić information content (AvgIpc) is 3.04. The minimum atomic E-state index is -3.60. The minimum absolute atomic E-state index is 0.0546. The lowest BCUT2D eigenvalue weighted by Gasteiger charge is -2.34. The number of carbonyl (C=O) groups is 1. The second-order valence-electron chi connectivity index (χ2n) is 9.09. The van der Waals surface area contributed by atoms with Gasteiger partial charge in [-0.3, -0.25) is 9.79 Å². The topological polar surface area (TPSA) is 90.9 Å². The van der Waals surface area contributed by atoms with Gasteiger partial charge in [0.1, 0.15) is 11.4 Å². The standard InChI is InChI=1S/C22H32N4O3S/c1-16-7-9-18(10-8-16)20-24-21(27)22(25-20)11-13-26(14-12-22)30(28,29)23-15-19-6-4-3-5-17(19)2/h3-6,16,18,23H,7-15H2,1-2H3,(H,24,25,27). The van der Waals surface area contributed by atoms with Crippen LogP contribution < -0.4 is 10.0 Å². The van der Waals surface area contributed by atoms with E-state index in [2.05, 4.69) is 17.0 Å². The quantitative estimate of drug-likeness (QED) is 0.749. The van der Waals surface area contributed by atoms with E-state index < -0.39 is 15.7 Å². The second kappa shape index (κ2) is 8.40. The van der Waals surface area contributed by atoms with Crippen LogP contribution in [0, 0.1) is 18.8 Å². The van der Waals surface area contributed by atoms with Crippen LogP contribution in [-0.4, -0.2) is 43.1 Å². The lowest BCUT2D eigenvalue weighted by Crippen LogP contribution is -2.52. The number of aryl methyl sites for hydroxylation is 1. The first-order chi connectivity index (χ1) is 14.3. The molecule has 2 heterocycles. The highest BCUT2D eigenvalue weighted by Crippen LogP contribution is 2.35. The number of benzene rings is 1. The van der Waals surface area contributed by atoms with E-state index in [0.717, 1.165) is 35.7 Å². The van der Waals surface area contributed by atoms with Crippen LogP contribution in [0.25, 0.3) is 0 Å². The molecule has 1 aromatic rings. The van der Waals surface area contributed by atoms with Crippen molar-refractivity contribution in [3.05, 3.63) is 35.4 Å². The summed E-state index contributed by atoms with van der Waals surface area (Å²) in [4.78, 5) is 17.6. The summed E-state index contributed by atoms with van der Waals surface area (Å²) < 4.78 is 29.7. The molecule has 0 bridgehead atoms. The fourth-order valence-electron chi connectivity index (χ4n) is 4.77. The third kappa shape index (κ3) is 4.31. The van der Waals surface area contributed by atoms with Gasteiger partial charge in [0.15, 0.2) is 0 Å². The summed E-state index contributed by atoms with van der Waals surface area (Å²) in [5, 5.41) is 3.03. The molecule has 2 aliphatic heterocycles. The zero-order valence-electron chi connectivity index (χ0n) is 17.9. The Hall–Kier alpha value is -1.77. The first-order valence-electron chi connectivity index (χ1n) is 11.0. The maximum Gasteiger partial charge on any atom is 0.279 e. The molecule has 2 fully saturated rings. The summed E-state index contributed by atoms with van der Waals surface area (Å²) in [7, 11) is -3.60. The van der Waals surface area contributed by atoms with Crippen LogP contribution in [0.3, 0.4) is 0 Å². The number of piperidine rings is 1. The summed E-state index contributed by atoms with van der Waals surface area (Å²) >= 11 is 0. The van der Waals surface area contributed by atoms with Crippen molar-refractivity contribution >= 4 is 22.0 Å². The number of aliphatic imine (C=N–C) groups is 1. The summed E-state index contributed by atoms with van der Waals surface area (Å²) in [6.45, 7) is 5.11. The van der Waals surface area contributed by atoms with E-state index in [9.17, 15) is 13.2 Å². The molecule has 164 valence electrons. The Morgan fingerprint density at radius 3 is 2.50 bits per heavy atom. The van der Waals surface area contributed by atoms with Gasteiger partial charge >= 0.3 is 0 Å². The highest BCUT2D eigenvalue weighted by molar-refractivity contribution is 7.87. The van der Waals surface area contributed by atoms with E-state index >= 15 is 0 Å². The molecule has 1 amide bonds. The Balaban J connectivity index is 1.38. The van der Waals surface area contributed by atoms with Crippen LogP contribution in [0.2, 0.25) is 0 Å². The summed E-state index contributed by atoms with van der Waals surface area (Å²) in [6, 6.07) is 7.74. The number of nitrogens with zero attached hydrogens (tertiary/aromatic N) is 2. The molecule has 1 saturated heterocycles. The van der Waals surface area contributed by atoms with Crippen LogP contribution in [0.1, 0.15) is 56.6 Å². The summed E-state index contributed by atoms with van der Waals surface area (Å²) in [6.07, 6.45) is 5.34. The predicted molar refractivity (Wildman–Crippen MR) is 117 cm³/mol. The van der Waals surface area contributed by atoms with Crippen molar-refractivity contribution in [3.8, 4) is 0 Å². The highest BCUT2D eigenvalue weighted by atomic mass is 32.2. The molecule has 8 heteroatoms. The first kappa shape index (κ1) is 21.5. The third-order valence-corrected chi connectivity index (χ3v) is 8.55. The van der Waals surface area contributed by atoms with Crippen molar-refractivity contribution in [2.45, 2.75) is 64.5 Å². The lowest BCUT2D eigenvalue weighted by atomic mass is 9.82. The zero-order valence-corrected chi connectivity index (χ0v) is 18.7. The molecule has 7 nitrogen and oxygen atoms in total. The average molecular weight is 433 g/mol. The fraction of sp³-hybridized carbons (Fsp3) is 0.636. The van der Waals surface area contributed by atoms with Gasteiger partial charge in [-0.15, -0.1) is 0 Å². The van der Waals surface area contributed by atoms with Crippen molar-refractivity contribution in [2.24, 2.45) is 16.8 Å². The second-order valence-corrected chi connectivity index (χ2v) is 10.8. The molecule has 1 spiro atoms. The van der Waals surface area contributed by atoms with Crippen LogP contribution in [-0.2, 0) is 21.5 Å². The van der Waals surface area contributed by atoms with Crippen molar-refractivity contribution < 1.29 is 13.2 Å². The normalized spacial score (nSPS) is 27.1. The third-order valence-electron chi connectivity index (χ3n) is 7.00. The van der Waals surface area contributed by atoms with Crippen molar-refractivity contribution in [1.82, 2.24) is 14.3 Å². The van der Waals surface area contributed by atoms with Crippen molar-refractivity contribution in [2.75, 3.05) is 13.1 Å². The van der Waals surface area contributed by atoms with Gasteiger partial charge in [0.05, 0.1) is 0 Å². The van der Waals surface area contributed by atoms with Gasteiger partial charge in [-0.25, -0.2) is 0 Å². The molecule has 1 aromatic carbocycles. The molecule has 3 aliphatic rings. The van der Waals surface area contributed by atoms with E-state index in [4.69, 9.17) is 4.99 Å². The van der Waals surface area contributed by atoms with Gasteiger partial charge in [0.2, 0.25) is 0 Å². The molecule has 1 saturated carbocycles. The Morgan fingerprint density at radius 2 is 1.83 bits per heavy atom. The molecule has 1 aliphatic carbocycles. The lowest BCUT2D eigenvalue weighted by molar-refractivity contribution is -0.125. The Morgan fingerprint density at radius 1 is 1.17 bits per heavy atom. The van der Waals surface area contributed by atoms with Gasteiger partial charge in [0, 0.05) is 25.6 Å². The van der Waals surface area contributed by atoms with E-state index in [0.29, 0.717) is 31.8 Å². The summed E-state index contributed by atoms with van der Waals surface area (Å²) in [5.41, 5.74) is 1.22. The maximum atomic E-state index is 12.8. The molecule has 30 heavy (non-hydrogen) atoms. The minimum Gasteiger partial charge on any atom is -0.312 e. The van der Waals surface area contributed by atoms with Crippen LogP contribution in [0.15, 0.2) is 29.3 Å². The molecule has 0 unspecified atom stereocenters. The number of nitrogens with one attached hydrogen (secondary N) is 2. The molecule has 0 aromatic heterocycles. The summed E-state index contributed by atoms with van der Waals surface area (Å²) in [5.74, 6) is 1.86. The molecule has 4 rings (SSSR count). The molecular formula is C22H32N4O3S. The smallest absolute Gasteiger partial charge is 0.279 e. The van der Waals surface area contributed by atoms with Crippen LogP contribution >= 0.6 is 0 Å². The SMILES string of the molecule is Cc1ccccc1CNS(=O)(=O)N1CCC2(CC1)N=C(C1CCC(C)CC1)NC2=O. The molecule has 0 radical (unpaired) electrons. The maximum absolute atomic E-state index is 12.8. The number of hydrogen-bond acceptors (Lipinski definition) is 4.